The van der Waals surface area contributed by atoms with Crippen molar-refractivity contribution in [3.63, 3.8) is 0 Å². The molecule has 0 amide bonds. The second kappa shape index (κ2) is 7.96. The fourth-order valence-corrected chi connectivity index (χ4v) is 1.38. The summed E-state index contributed by atoms with van der Waals surface area (Å²) in [6, 6.07) is 8.09. The molecule has 1 aromatic rings. The molecule has 96 valence electrons. The number of anilines is 1. The first-order chi connectivity index (χ1) is 8.22. The van der Waals surface area contributed by atoms with Crippen molar-refractivity contribution in [2.24, 2.45) is 5.92 Å². The molecule has 0 saturated carbocycles. The minimum absolute atomic E-state index is 0.557. The summed E-state index contributed by atoms with van der Waals surface area (Å²) < 4.78 is 10.6. The number of nitrogens with one attached hydrogen (secondary N) is 1. The van der Waals surface area contributed by atoms with E-state index in [1.165, 1.54) is 0 Å². The standard InChI is InChI=1S/C14H23NO2/c1-12(2)11-17-14-7-5-13(6-8-14)15-9-4-10-16-3/h5-8,12,15H,4,9-11H2,1-3H3. The van der Waals surface area contributed by atoms with Gasteiger partial charge in [-0.1, -0.05) is 13.8 Å². The zero-order chi connectivity index (χ0) is 12.5. The van der Waals surface area contributed by atoms with Gasteiger partial charge in [0.25, 0.3) is 0 Å². The maximum Gasteiger partial charge on any atom is 0.119 e. The van der Waals surface area contributed by atoms with Crippen LogP contribution in [0.2, 0.25) is 0 Å². The van der Waals surface area contributed by atoms with Crippen LogP contribution in [0.3, 0.4) is 0 Å². The smallest absolute Gasteiger partial charge is 0.119 e. The quantitative estimate of drug-likeness (QED) is 0.704. The molecule has 0 fully saturated rings. The number of ether oxygens (including phenoxy) is 2. The summed E-state index contributed by atoms with van der Waals surface area (Å²) in [5, 5.41) is 3.34. The van der Waals surface area contributed by atoms with Crippen molar-refractivity contribution in [1.82, 2.24) is 0 Å². The van der Waals surface area contributed by atoms with Crippen LogP contribution >= 0.6 is 0 Å². The van der Waals surface area contributed by atoms with Crippen molar-refractivity contribution in [2.45, 2.75) is 20.3 Å². The van der Waals surface area contributed by atoms with Crippen LogP contribution in [0, 0.1) is 5.92 Å². The van der Waals surface area contributed by atoms with Crippen LogP contribution in [0.1, 0.15) is 20.3 Å². The van der Waals surface area contributed by atoms with E-state index in [0.717, 1.165) is 37.6 Å². The topological polar surface area (TPSA) is 30.5 Å². The first-order valence-corrected chi connectivity index (χ1v) is 6.18. The van der Waals surface area contributed by atoms with Crippen LogP contribution in [0.25, 0.3) is 0 Å². The van der Waals surface area contributed by atoms with Gasteiger partial charge in [0.15, 0.2) is 0 Å². The Hall–Kier alpha value is -1.22. The van der Waals surface area contributed by atoms with E-state index in [1.807, 2.05) is 24.3 Å². The molecule has 3 heteroatoms. The molecule has 0 unspecified atom stereocenters. The van der Waals surface area contributed by atoms with Crippen molar-refractivity contribution in [3.05, 3.63) is 24.3 Å². The Morgan fingerprint density at radius 3 is 2.47 bits per heavy atom. The average Bonchev–Trinajstić information content (AvgIpc) is 2.33. The molecule has 1 rings (SSSR count). The highest BCUT2D eigenvalue weighted by Gasteiger charge is 1.97. The third-order valence-electron chi connectivity index (χ3n) is 2.29. The Kier molecular flexibility index (Phi) is 6.48. The zero-order valence-corrected chi connectivity index (χ0v) is 11.0. The summed E-state index contributed by atoms with van der Waals surface area (Å²) in [6.45, 7) is 6.78. The van der Waals surface area contributed by atoms with E-state index in [-0.39, 0.29) is 0 Å². The van der Waals surface area contributed by atoms with Gasteiger partial charge in [0.2, 0.25) is 0 Å². The van der Waals surface area contributed by atoms with E-state index in [0.29, 0.717) is 5.92 Å². The van der Waals surface area contributed by atoms with Crippen LogP contribution < -0.4 is 10.1 Å². The van der Waals surface area contributed by atoms with E-state index >= 15 is 0 Å². The predicted octanol–water partition coefficient (Wildman–Crippen LogP) is 3.17. The predicted molar refractivity (Wildman–Crippen MR) is 71.8 cm³/mol. The lowest BCUT2D eigenvalue weighted by Crippen LogP contribution is -2.05. The summed E-state index contributed by atoms with van der Waals surface area (Å²) in [5.41, 5.74) is 1.12. The second-order valence-electron chi connectivity index (χ2n) is 4.50. The molecule has 0 radical (unpaired) electrons. The van der Waals surface area contributed by atoms with Crippen molar-refractivity contribution < 1.29 is 9.47 Å². The minimum Gasteiger partial charge on any atom is -0.493 e. The largest absolute Gasteiger partial charge is 0.493 e. The van der Waals surface area contributed by atoms with E-state index in [4.69, 9.17) is 9.47 Å². The van der Waals surface area contributed by atoms with Crippen molar-refractivity contribution in [1.29, 1.82) is 0 Å². The van der Waals surface area contributed by atoms with E-state index in [9.17, 15) is 0 Å². The van der Waals surface area contributed by atoms with E-state index in [2.05, 4.69) is 19.2 Å². The fraction of sp³-hybridized carbons (Fsp3) is 0.571. The van der Waals surface area contributed by atoms with E-state index < -0.39 is 0 Å². The SMILES string of the molecule is COCCCNc1ccc(OCC(C)C)cc1. The second-order valence-corrected chi connectivity index (χ2v) is 4.50. The van der Waals surface area contributed by atoms with Gasteiger partial charge >= 0.3 is 0 Å². The molecule has 17 heavy (non-hydrogen) atoms. The summed E-state index contributed by atoms with van der Waals surface area (Å²) in [7, 11) is 1.72. The van der Waals surface area contributed by atoms with Crippen molar-refractivity contribution >= 4 is 5.69 Å². The molecule has 0 atom stereocenters. The molecular weight excluding hydrogens is 214 g/mol. The molecule has 0 bridgehead atoms. The lowest BCUT2D eigenvalue weighted by molar-refractivity contribution is 0.198. The zero-order valence-electron chi connectivity index (χ0n) is 11.0. The van der Waals surface area contributed by atoms with Gasteiger partial charge in [-0.05, 0) is 36.6 Å². The molecule has 0 aromatic heterocycles. The van der Waals surface area contributed by atoms with Gasteiger partial charge in [-0.15, -0.1) is 0 Å². The lowest BCUT2D eigenvalue weighted by Gasteiger charge is -2.10. The Bertz CT molecular complexity index is 296. The molecule has 0 saturated heterocycles. The maximum atomic E-state index is 5.62. The van der Waals surface area contributed by atoms with Crippen LogP contribution in [0.15, 0.2) is 24.3 Å². The highest BCUT2D eigenvalue weighted by Crippen LogP contribution is 2.16. The first kappa shape index (κ1) is 13.8. The van der Waals surface area contributed by atoms with Crippen molar-refractivity contribution in [3.8, 4) is 5.75 Å². The lowest BCUT2D eigenvalue weighted by atomic mass is 10.2. The molecule has 3 nitrogen and oxygen atoms in total. The molecule has 0 aliphatic carbocycles. The highest BCUT2D eigenvalue weighted by molar-refractivity contribution is 5.46. The van der Waals surface area contributed by atoms with E-state index in [1.54, 1.807) is 7.11 Å². The molecule has 0 aliphatic rings. The molecular formula is C14H23NO2. The van der Waals surface area contributed by atoms with Gasteiger partial charge in [-0.3, -0.25) is 0 Å². The average molecular weight is 237 g/mol. The Morgan fingerprint density at radius 2 is 1.88 bits per heavy atom. The maximum absolute atomic E-state index is 5.62. The van der Waals surface area contributed by atoms with Crippen molar-refractivity contribution in [2.75, 3.05) is 32.2 Å². The molecule has 0 spiro atoms. The monoisotopic (exact) mass is 237 g/mol. The Balaban J connectivity index is 2.29. The normalized spacial score (nSPS) is 10.6. The highest BCUT2D eigenvalue weighted by atomic mass is 16.5. The summed E-state index contributed by atoms with van der Waals surface area (Å²) in [4.78, 5) is 0. The van der Waals surface area contributed by atoms with Gasteiger partial charge < -0.3 is 14.8 Å². The van der Waals surface area contributed by atoms with Crippen LogP contribution in [0.5, 0.6) is 5.75 Å². The fourth-order valence-electron chi connectivity index (χ4n) is 1.38. The minimum atomic E-state index is 0.557. The first-order valence-electron chi connectivity index (χ1n) is 6.18. The third kappa shape index (κ3) is 6.17. The van der Waals surface area contributed by atoms with Gasteiger partial charge in [0.1, 0.15) is 5.75 Å². The van der Waals surface area contributed by atoms with Crippen LogP contribution in [-0.4, -0.2) is 26.9 Å². The van der Waals surface area contributed by atoms with Crippen LogP contribution in [-0.2, 0) is 4.74 Å². The number of benzene rings is 1. The van der Waals surface area contributed by atoms with Gasteiger partial charge in [0, 0.05) is 25.9 Å². The van der Waals surface area contributed by atoms with Gasteiger partial charge in [-0.25, -0.2) is 0 Å². The number of methoxy groups -OCH3 is 1. The number of rotatable bonds is 8. The van der Waals surface area contributed by atoms with Gasteiger partial charge in [0.05, 0.1) is 6.61 Å². The summed E-state index contributed by atoms with van der Waals surface area (Å²) in [5.74, 6) is 1.49. The third-order valence-corrected chi connectivity index (χ3v) is 2.29. The van der Waals surface area contributed by atoms with Crippen LogP contribution in [0.4, 0.5) is 5.69 Å². The molecule has 1 N–H and O–H groups in total. The molecule has 1 aromatic carbocycles. The molecule has 0 aliphatic heterocycles. The summed E-state index contributed by atoms with van der Waals surface area (Å²) in [6.07, 6.45) is 1.02. The number of hydrogen-bond donors (Lipinski definition) is 1. The summed E-state index contributed by atoms with van der Waals surface area (Å²) >= 11 is 0. The Morgan fingerprint density at radius 1 is 1.18 bits per heavy atom. The molecule has 0 heterocycles. The Labute approximate surface area is 104 Å². The van der Waals surface area contributed by atoms with Gasteiger partial charge in [-0.2, -0.15) is 0 Å². The number of hydrogen-bond acceptors (Lipinski definition) is 3.